The van der Waals surface area contributed by atoms with Gasteiger partial charge in [0.15, 0.2) is 4.80 Å². The Morgan fingerprint density at radius 2 is 2.00 bits per heavy atom. The summed E-state index contributed by atoms with van der Waals surface area (Å²) < 4.78 is 12.2. The van der Waals surface area contributed by atoms with Crippen molar-refractivity contribution in [1.29, 1.82) is 0 Å². The second-order valence-corrected chi connectivity index (χ2v) is 5.74. The molecule has 6 nitrogen and oxygen atoms in total. The van der Waals surface area contributed by atoms with E-state index in [1.807, 2.05) is 41.1 Å². The Bertz CT molecular complexity index is 719. The number of esters is 1. The van der Waals surface area contributed by atoms with E-state index in [2.05, 4.69) is 4.99 Å². The molecule has 0 spiro atoms. The van der Waals surface area contributed by atoms with Gasteiger partial charge in [0.25, 0.3) is 0 Å². The number of hydrogen-bond acceptors (Lipinski definition) is 6. The SMILES string of the molecule is CCOC(=O)Cc1csc(=Nc2ccc(OCC)cc2)n1CCO. The molecule has 1 aromatic heterocycles. The number of thiazole rings is 1. The molecule has 0 atom stereocenters. The number of rotatable bonds is 8. The molecule has 1 N–H and O–H groups in total. The van der Waals surface area contributed by atoms with Gasteiger partial charge in [0.2, 0.25) is 0 Å². The highest BCUT2D eigenvalue weighted by Gasteiger charge is 2.11. The molecule has 2 aromatic rings. The molecule has 24 heavy (non-hydrogen) atoms. The fraction of sp³-hybridized carbons (Fsp3) is 0.412. The molecule has 2 rings (SSSR count). The van der Waals surface area contributed by atoms with Gasteiger partial charge >= 0.3 is 5.97 Å². The summed E-state index contributed by atoms with van der Waals surface area (Å²) in [6.07, 6.45) is 0.170. The molecule has 0 aliphatic rings. The standard InChI is InChI=1S/C17H22N2O4S/c1-3-22-15-7-5-13(6-8-15)18-17-19(9-10-20)14(12-24-17)11-16(21)23-4-2/h5-8,12,20H,3-4,9-11H2,1-2H3. The smallest absolute Gasteiger partial charge is 0.311 e. The molecule has 7 heteroatoms. The zero-order chi connectivity index (χ0) is 17.4. The lowest BCUT2D eigenvalue weighted by atomic mass is 10.3. The summed E-state index contributed by atoms with van der Waals surface area (Å²) in [5, 5.41) is 11.2. The van der Waals surface area contributed by atoms with Crippen LogP contribution in [0.15, 0.2) is 34.6 Å². The van der Waals surface area contributed by atoms with Gasteiger partial charge in [-0.1, -0.05) is 0 Å². The van der Waals surface area contributed by atoms with Gasteiger partial charge in [0.1, 0.15) is 5.75 Å². The second-order valence-electron chi connectivity index (χ2n) is 4.91. The summed E-state index contributed by atoms with van der Waals surface area (Å²) in [5.41, 5.74) is 1.58. The summed E-state index contributed by atoms with van der Waals surface area (Å²) in [7, 11) is 0. The average molecular weight is 350 g/mol. The number of nitrogens with zero attached hydrogens (tertiary/aromatic N) is 2. The van der Waals surface area contributed by atoms with Crippen LogP contribution < -0.4 is 9.54 Å². The van der Waals surface area contributed by atoms with Crippen molar-refractivity contribution in [3.05, 3.63) is 40.1 Å². The zero-order valence-corrected chi connectivity index (χ0v) is 14.7. The first-order valence-electron chi connectivity index (χ1n) is 7.89. The molecule has 1 aromatic carbocycles. The van der Waals surface area contributed by atoms with Crippen LogP contribution >= 0.6 is 11.3 Å². The van der Waals surface area contributed by atoms with Gasteiger partial charge in [-0.25, -0.2) is 4.99 Å². The second kappa shape index (κ2) is 9.24. The Labute approximate surface area is 145 Å². The third-order valence-electron chi connectivity index (χ3n) is 3.20. The van der Waals surface area contributed by atoms with Gasteiger partial charge < -0.3 is 19.1 Å². The van der Waals surface area contributed by atoms with Gasteiger partial charge in [0, 0.05) is 17.6 Å². The Morgan fingerprint density at radius 1 is 1.25 bits per heavy atom. The molecule has 0 saturated carbocycles. The van der Waals surface area contributed by atoms with E-state index in [9.17, 15) is 9.90 Å². The number of carbonyl (C=O) groups is 1. The van der Waals surface area contributed by atoms with E-state index >= 15 is 0 Å². The molecule has 0 radical (unpaired) electrons. The first kappa shape index (κ1) is 18.2. The van der Waals surface area contributed by atoms with Crippen LogP contribution in [-0.2, 0) is 22.5 Å². The van der Waals surface area contributed by atoms with Crippen molar-refractivity contribution < 1.29 is 19.4 Å². The maximum absolute atomic E-state index is 11.7. The lowest BCUT2D eigenvalue weighted by molar-refractivity contribution is -0.142. The van der Waals surface area contributed by atoms with E-state index in [4.69, 9.17) is 9.47 Å². The zero-order valence-electron chi connectivity index (χ0n) is 13.9. The van der Waals surface area contributed by atoms with Crippen LogP contribution in [0.2, 0.25) is 0 Å². The lowest BCUT2D eigenvalue weighted by Crippen LogP contribution is -2.21. The third-order valence-corrected chi connectivity index (χ3v) is 4.12. The minimum atomic E-state index is -0.283. The van der Waals surface area contributed by atoms with E-state index in [1.54, 1.807) is 6.92 Å². The highest BCUT2D eigenvalue weighted by atomic mass is 32.1. The highest BCUT2D eigenvalue weighted by Crippen LogP contribution is 2.18. The Morgan fingerprint density at radius 3 is 2.62 bits per heavy atom. The van der Waals surface area contributed by atoms with Crippen LogP contribution in [0.4, 0.5) is 5.69 Å². The van der Waals surface area contributed by atoms with Crippen molar-refractivity contribution in [1.82, 2.24) is 4.57 Å². The van der Waals surface area contributed by atoms with E-state index in [0.717, 1.165) is 21.9 Å². The molecule has 1 heterocycles. The van der Waals surface area contributed by atoms with Crippen molar-refractivity contribution in [2.45, 2.75) is 26.8 Å². The van der Waals surface area contributed by atoms with Crippen molar-refractivity contribution in [3.63, 3.8) is 0 Å². The number of benzene rings is 1. The number of aliphatic hydroxyl groups excluding tert-OH is 1. The van der Waals surface area contributed by atoms with Crippen molar-refractivity contribution >= 4 is 23.0 Å². The molecule has 0 aliphatic heterocycles. The molecular formula is C17H22N2O4S. The molecule has 0 bridgehead atoms. The predicted octanol–water partition coefficient (Wildman–Crippen LogP) is 2.28. The maximum Gasteiger partial charge on any atom is 0.311 e. The fourth-order valence-electron chi connectivity index (χ4n) is 2.19. The van der Waals surface area contributed by atoms with Gasteiger partial charge in [-0.3, -0.25) is 4.79 Å². The topological polar surface area (TPSA) is 73.0 Å². The van der Waals surface area contributed by atoms with Gasteiger partial charge in [0.05, 0.1) is 31.9 Å². The number of hydrogen-bond donors (Lipinski definition) is 1. The van der Waals surface area contributed by atoms with Crippen LogP contribution in [0.25, 0.3) is 0 Å². The first-order chi connectivity index (χ1) is 11.7. The number of ether oxygens (including phenoxy) is 2. The van der Waals surface area contributed by atoms with Gasteiger partial charge in [-0.2, -0.15) is 0 Å². The Kier molecular flexibility index (Phi) is 7.02. The van der Waals surface area contributed by atoms with Crippen molar-refractivity contribution in [2.75, 3.05) is 19.8 Å². The number of aromatic nitrogens is 1. The Balaban J connectivity index is 2.28. The maximum atomic E-state index is 11.7. The number of aliphatic hydroxyl groups is 1. The van der Waals surface area contributed by atoms with Crippen molar-refractivity contribution in [3.8, 4) is 5.75 Å². The van der Waals surface area contributed by atoms with E-state index in [1.165, 1.54) is 11.3 Å². The molecule has 0 saturated heterocycles. The Hall–Kier alpha value is -2.12. The highest BCUT2D eigenvalue weighted by molar-refractivity contribution is 7.07. The van der Waals surface area contributed by atoms with E-state index in [-0.39, 0.29) is 19.0 Å². The third kappa shape index (κ3) is 4.94. The fourth-order valence-corrected chi connectivity index (χ4v) is 3.13. The van der Waals surface area contributed by atoms with Crippen LogP contribution in [0.1, 0.15) is 19.5 Å². The minimum absolute atomic E-state index is 0.0248. The van der Waals surface area contributed by atoms with E-state index < -0.39 is 0 Å². The first-order valence-corrected chi connectivity index (χ1v) is 8.77. The number of carbonyl (C=O) groups excluding carboxylic acids is 1. The minimum Gasteiger partial charge on any atom is -0.494 e. The summed E-state index contributed by atoms with van der Waals surface area (Å²) >= 11 is 1.43. The van der Waals surface area contributed by atoms with Gasteiger partial charge in [-0.05, 0) is 38.1 Å². The molecule has 0 amide bonds. The lowest BCUT2D eigenvalue weighted by Gasteiger charge is -2.07. The van der Waals surface area contributed by atoms with Crippen LogP contribution in [-0.4, -0.2) is 35.5 Å². The molecule has 0 fully saturated rings. The molecule has 0 aliphatic carbocycles. The van der Waals surface area contributed by atoms with Crippen molar-refractivity contribution in [2.24, 2.45) is 4.99 Å². The largest absolute Gasteiger partial charge is 0.494 e. The average Bonchev–Trinajstić information content (AvgIpc) is 2.92. The van der Waals surface area contributed by atoms with Crippen LogP contribution in [0.5, 0.6) is 5.75 Å². The van der Waals surface area contributed by atoms with Crippen LogP contribution in [0, 0.1) is 0 Å². The molecule has 130 valence electrons. The summed E-state index contributed by atoms with van der Waals surface area (Å²) in [6.45, 7) is 5.05. The van der Waals surface area contributed by atoms with E-state index in [0.29, 0.717) is 19.8 Å². The molecular weight excluding hydrogens is 328 g/mol. The predicted molar refractivity (Wildman–Crippen MR) is 92.6 cm³/mol. The summed E-state index contributed by atoms with van der Waals surface area (Å²) in [6, 6.07) is 7.48. The quantitative estimate of drug-likeness (QED) is 0.741. The monoisotopic (exact) mass is 350 g/mol. The normalized spacial score (nSPS) is 11.5. The molecule has 0 unspecified atom stereocenters. The summed E-state index contributed by atoms with van der Waals surface area (Å²) in [4.78, 5) is 17.0. The van der Waals surface area contributed by atoms with Crippen LogP contribution in [0.3, 0.4) is 0 Å². The summed E-state index contributed by atoms with van der Waals surface area (Å²) in [5.74, 6) is 0.517. The van der Waals surface area contributed by atoms with Gasteiger partial charge in [-0.15, -0.1) is 11.3 Å².